The molecular weight excluding hydrogens is 202 g/mol. The molecule has 1 saturated heterocycles. The van der Waals surface area contributed by atoms with Gasteiger partial charge in [0.2, 0.25) is 0 Å². The number of hydrogen-bond donors (Lipinski definition) is 1. The van der Waals surface area contributed by atoms with E-state index in [-0.39, 0.29) is 6.04 Å². The molecule has 0 bridgehead atoms. The first kappa shape index (κ1) is 9.59. The molecule has 0 saturated carbocycles. The van der Waals surface area contributed by atoms with Crippen molar-refractivity contribution in [3.8, 4) is 0 Å². The Bertz CT molecular complexity index is 492. The van der Waals surface area contributed by atoms with Gasteiger partial charge in [-0.25, -0.2) is 9.50 Å². The molecule has 84 valence electrons. The van der Waals surface area contributed by atoms with Crippen LogP contribution < -0.4 is 10.6 Å². The molecule has 0 amide bonds. The number of piperidine rings is 1. The maximum absolute atomic E-state index is 5.99. The minimum atomic E-state index is 0.263. The van der Waals surface area contributed by atoms with Gasteiger partial charge in [0.1, 0.15) is 5.52 Å². The molecule has 5 nitrogen and oxygen atoms in total. The zero-order chi connectivity index (χ0) is 11.0. The van der Waals surface area contributed by atoms with Gasteiger partial charge in [0.15, 0.2) is 5.82 Å². The summed E-state index contributed by atoms with van der Waals surface area (Å²) in [7, 11) is 0. The summed E-state index contributed by atoms with van der Waals surface area (Å²) in [6.45, 7) is 1.92. The number of anilines is 1. The Kier molecular flexibility index (Phi) is 2.25. The van der Waals surface area contributed by atoms with E-state index < -0.39 is 0 Å². The van der Waals surface area contributed by atoms with Crippen molar-refractivity contribution in [1.29, 1.82) is 0 Å². The van der Waals surface area contributed by atoms with Crippen LogP contribution in [0.2, 0.25) is 0 Å². The van der Waals surface area contributed by atoms with Crippen LogP contribution in [-0.4, -0.2) is 33.7 Å². The maximum Gasteiger partial charge on any atom is 0.154 e. The third-order valence-corrected chi connectivity index (χ3v) is 3.06. The van der Waals surface area contributed by atoms with Crippen molar-refractivity contribution in [2.24, 2.45) is 5.73 Å². The molecule has 0 unspecified atom stereocenters. The molecule has 0 radical (unpaired) electrons. The highest BCUT2D eigenvalue weighted by Gasteiger charge is 2.19. The fourth-order valence-electron chi connectivity index (χ4n) is 2.29. The Morgan fingerprint density at radius 3 is 3.19 bits per heavy atom. The molecule has 1 aliphatic rings. The average Bonchev–Trinajstić information content (AvgIpc) is 2.76. The van der Waals surface area contributed by atoms with E-state index in [1.807, 2.05) is 16.8 Å². The number of fused-ring (bicyclic) bond motifs is 1. The lowest BCUT2D eigenvalue weighted by Gasteiger charge is -2.31. The van der Waals surface area contributed by atoms with E-state index in [4.69, 9.17) is 5.73 Å². The van der Waals surface area contributed by atoms with Crippen molar-refractivity contribution in [1.82, 2.24) is 14.6 Å². The molecule has 2 aromatic rings. The third kappa shape index (κ3) is 1.53. The highest BCUT2D eigenvalue weighted by atomic mass is 15.3. The van der Waals surface area contributed by atoms with Crippen LogP contribution in [-0.2, 0) is 0 Å². The number of rotatable bonds is 1. The Morgan fingerprint density at radius 1 is 1.38 bits per heavy atom. The van der Waals surface area contributed by atoms with Gasteiger partial charge in [0.25, 0.3) is 0 Å². The second kappa shape index (κ2) is 3.75. The van der Waals surface area contributed by atoms with E-state index in [1.165, 1.54) is 0 Å². The monoisotopic (exact) mass is 217 g/mol. The average molecular weight is 217 g/mol. The molecule has 3 heterocycles. The quantitative estimate of drug-likeness (QED) is 0.762. The van der Waals surface area contributed by atoms with Crippen molar-refractivity contribution in [3.63, 3.8) is 0 Å². The van der Waals surface area contributed by atoms with E-state index in [0.717, 1.165) is 37.3 Å². The van der Waals surface area contributed by atoms with Gasteiger partial charge in [-0.15, -0.1) is 0 Å². The molecule has 1 atom stereocenters. The lowest BCUT2D eigenvalue weighted by atomic mass is 10.1. The highest BCUT2D eigenvalue weighted by molar-refractivity contribution is 5.68. The molecule has 16 heavy (non-hydrogen) atoms. The highest BCUT2D eigenvalue weighted by Crippen LogP contribution is 2.21. The predicted molar refractivity (Wildman–Crippen MR) is 62.4 cm³/mol. The van der Waals surface area contributed by atoms with Crippen molar-refractivity contribution >= 4 is 11.3 Å². The molecule has 1 aliphatic heterocycles. The van der Waals surface area contributed by atoms with Crippen LogP contribution in [0.1, 0.15) is 12.8 Å². The fourth-order valence-corrected chi connectivity index (χ4v) is 2.29. The normalized spacial score (nSPS) is 21.6. The lowest BCUT2D eigenvalue weighted by Crippen LogP contribution is -2.43. The molecule has 5 heteroatoms. The summed E-state index contributed by atoms with van der Waals surface area (Å²) in [6.07, 6.45) is 7.69. The first-order chi connectivity index (χ1) is 7.84. The summed E-state index contributed by atoms with van der Waals surface area (Å²) in [5.41, 5.74) is 7.04. The number of nitrogens with zero attached hydrogens (tertiary/aromatic N) is 4. The summed E-state index contributed by atoms with van der Waals surface area (Å²) in [5, 5.41) is 4.21. The van der Waals surface area contributed by atoms with Gasteiger partial charge >= 0.3 is 0 Å². The Balaban J connectivity index is 2.01. The van der Waals surface area contributed by atoms with Crippen LogP contribution in [0.4, 0.5) is 5.82 Å². The molecule has 2 aromatic heterocycles. The molecule has 2 N–H and O–H groups in total. The minimum Gasteiger partial charge on any atom is -0.353 e. The van der Waals surface area contributed by atoms with Crippen LogP contribution in [0.25, 0.3) is 5.52 Å². The summed E-state index contributed by atoms with van der Waals surface area (Å²) >= 11 is 0. The first-order valence-electron chi connectivity index (χ1n) is 5.63. The van der Waals surface area contributed by atoms with Gasteiger partial charge in [-0.05, 0) is 18.9 Å². The summed E-state index contributed by atoms with van der Waals surface area (Å²) < 4.78 is 1.85. The van der Waals surface area contributed by atoms with Crippen molar-refractivity contribution < 1.29 is 0 Å². The predicted octanol–water partition coefficient (Wildman–Crippen LogP) is 0.657. The van der Waals surface area contributed by atoms with E-state index in [2.05, 4.69) is 15.0 Å². The van der Waals surface area contributed by atoms with Gasteiger partial charge in [0, 0.05) is 31.5 Å². The summed E-state index contributed by atoms with van der Waals surface area (Å²) in [5.74, 6) is 0.996. The zero-order valence-corrected chi connectivity index (χ0v) is 9.08. The van der Waals surface area contributed by atoms with E-state index in [0.29, 0.717) is 0 Å². The van der Waals surface area contributed by atoms with Gasteiger partial charge in [-0.2, -0.15) is 5.10 Å². The molecular formula is C11H15N5. The molecule has 0 aromatic carbocycles. The van der Waals surface area contributed by atoms with E-state index >= 15 is 0 Å². The second-order valence-electron chi connectivity index (χ2n) is 4.26. The standard InChI is InChI=1S/C11H15N5/c12-9-2-1-6-15(8-9)11-10-3-4-14-16(10)7-5-13-11/h3-5,7,9H,1-2,6,8,12H2/t9-/m0/s1. The smallest absolute Gasteiger partial charge is 0.154 e. The van der Waals surface area contributed by atoms with Crippen LogP contribution >= 0.6 is 0 Å². The van der Waals surface area contributed by atoms with Gasteiger partial charge in [-0.1, -0.05) is 0 Å². The van der Waals surface area contributed by atoms with Crippen LogP contribution in [0, 0.1) is 0 Å². The van der Waals surface area contributed by atoms with Crippen molar-refractivity contribution in [3.05, 3.63) is 24.7 Å². The van der Waals surface area contributed by atoms with E-state index in [9.17, 15) is 0 Å². The third-order valence-electron chi connectivity index (χ3n) is 3.06. The largest absolute Gasteiger partial charge is 0.353 e. The summed E-state index contributed by atoms with van der Waals surface area (Å²) in [6, 6.07) is 2.25. The topological polar surface area (TPSA) is 59.5 Å². The van der Waals surface area contributed by atoms with Crippen LogP contribution in [0.15, 0.2) is 24.7 Å². The summed E-state index contributed by atoms with van der Waals surface area (Å²) in [4.78, 5) is 6.70. The van der Waals surface area contributed by atoms with Gasteiger partial charge in [-0.3, -0.25) is 0 Å². The minimum absolute atomic E-state index is 0.263. The molecule has 1 fully saturated rings. The van der Waals surface area contributed by atoms with Crippen LogP contribution in [0.5, 0.6) is 0 Å². The number of nitrogens with two attached hydrogens (primary N) is 1. The molecule has 0 aliphatic carbocycles. The zero-order valence-electron chi connectivity index (χ0n) is 9.08. The van der Waals surface area contributed by atoms with Crippen LogP contribution in [0.3, 0.4) is 0 Å². The molecule has 3 rings (SSSR count). The SMILES string of the molecule is N[C@H]1CCCN(c2nccn3nccc23)C1. The van der Waals surface area contributed by atoms with E-state index in [1.54, 1.807) is 12.4 Å². The fraction of sp³-hybridized carbons (Fsp3) is 0.455. The van der Waals surface area contributed by atoms with Crippen molar-refractivity contribution in [2.75, 3.05) is 18.0 Å². The van der Waals surface area contributed by atoms with Gasteiger partial charge < -0.3 is 10.6 Å². The first-order valence-corrected chi connectivity index (χ1v) is 5.63. The maximum atomic E-state index is 5.99. The Hall–Kier alpha value is -1.62. The Labute approximate surface area is 93.9 Å². The molecule has 0 spiro atoms. The number of hydrogen-bond acceptors (Lipinski definition) is 4. The lowest BCUT2D eigenvalue weighted by molar-refractivity contribution is 0.503. The Morgan fingerprint density at radius 2 is 2.31 bits per heavy atom. The van der Waals surface area contributed by atoms with Crippen molar-refractivity contribution in [2.45, 2.75) is 18.9 Å². The van der Waals surface area contributed by atoms with Gasteiger partial charge in [0.05, 0.1) is 6.20 Å². The number of aromatic nitrogens is 3. The second-order valence-corrected chi connectivity index (χ2v) is 4.26.